The minimum atomic E-state index is -0.619. The van der Waals surface area contributed by atoms with Crippen LogP contribution in [-0.2, 0) is 0 Å². The molecule has 2 aromatic carbocycles. The van der Waals surface area contributed by atoms with Crippen molar-refractivity contribution in [1.29, 1.82) is 5.26 Å². The number of carbonyl (C=O) groups excluding carboxylic acids is 1. The second-order valence-corrected chi connectivity index (χ2v) is 5.11. The number of nitrogens with zero attached hydrogens (tertiary/aromatic N) is 2. The molecule has 0 radical (unpaired) electrons. The summed E-state index contributed by atoms with van der Waals surface area (Å²) in [5.74, 6) is -0.199. The number of amides is 1. The van der Waals surface area contributed by atoms with E-state index in [2.05, 4.69) is 6.07 Å². The molecule has 4 heteroatoms. The van der Waals surface area contributed by atoms with Crippen molar-refractivity contribution in [3.05, 3.63) is 70.8 Å². The Morgan fingerprint density at radius 1 is 1.19 bits per heavy atom. The SMILES string of the molecule is N#C[C@@H]1C=Cc2cc(Cl)ccc2N1C(=O)c1ccccc1. The van der Waals surface area contributed by atoms with Crippen molar-refractivity contribution in [3.8, 4) is 6.07 Å². The average Bonchev–Trinajstić information content (AvgIpc) is 2.53. The lowest BCUT2D eigenvalue weighted by molar-refractivity contribution is 0.0985. The lowest BCUT2D eigenvalue weighted by atomic mass is 10.0. The molecule has 1 atom stereocenters. The van der Waals surface area contributed by atoms with Gasteiger partial charge < -0.3 is 0 Å². The van der Waals surface area contributed by atoms with Gasteiger partial charge in [-0.25, -0.2) is 0 Å². The summed E-state index contributed by atoms with van der Waals surface area (Å²) in [6, 6.07) is 15.7. The molecule has 0 bridgehead atoms. The first-order valence-electron chi connectivity index (χ1n) is 6.46. The molecule has 0 spiro atoms. The van der Waals surface area contributed by atoms with Crippen LogP contribution in [0.1, 0.15) is 15.9 Å². The maximum atomic E-state index is 12.7. The van der Waals surface area contributed by atoms with Crippen LogP contribution in [0.25, 0.3) is 6.08 Å². The number of anilines is 1. The van der Waals surface area contributed by atoms with Crippen molar-refractivity contribution in [3.63, 3.8) is 0 Å². The molecule has 1 aliphatic heterocycles. The van der Waals surface area contributed by atoms with E-state index in [4.69, 9.17) is 11.6 Å². The smallest absolute Gasteiger partial charge is 0.259 e. The van der Waals surface area contributed by atoms with Gasteiger partial charge in [0.25, 0.3) is 5.91 Å². The Labute approximate surface area is 127 Å². The Bertz CT molecular complexity index is 762. The zero-order chi connectivity index (χ0) is 14.8. The molecule has 3 rings (SSSR count). The predicted octanol–water partition coefficient (Wildman–Crippen LogP) is 3.91. The third-order valence-electron chi connectivity index (χ3n) is 3.36. The summed E-state index contributed by atoms with van der Waals surface area (Å²) in [5.41, 5.74) is 2.08. The second-order valence-electron chi connectivity index (χ2n) is 4.68. The number of carbonyl (C=O) groups is 1. The van der Waals surface area contributed by atoms with Crippen molar-refractivity contribution in [2.24, 2.45) is 0 Å². The van der Waals surface area contributed by atoms with Crippen LogP contribution >= 0.6 is 11.6 Å². The Hall–Kier alpha value is -2.57. The molecule has 0 aliphatic carbocycles. The van der Waals surface area contributed by atoms with Crippen molar-refractivity contribution in [2.45, 2.75) is 6.04 Å². The maximum absolute atomic E-state index is 12.7. The summed E-state index contributed by atoms with van der Waals surface area (Å²) in [6.07, 6.45) is 3.53. The minimum absolute atomic E-state index is 0.199. The van der Waals surface area contributed by atoms with Crippen LogP contribution in [0, 0.1) is 11.3 Å². The van der Waals surface area contributed by atoms with Gasteiger partial charge in [0.1, 0.15) is 6.04 Å². The van der Waals surface area contributed by atoms with E-state index in [0.29, 0.717) is 16.3 Å². The predicted molar refractivity (Wildman–Crippen MR) is 83.1 cm³/mol. The molecule has 0 N–H and O–H groups in total. The number of halogens is 1. The third-order valence-corrected chi connectivity index (χ3v) is 3.59. The highest BCUT2D eigenvalue weighted by molar-refractivity contribution is 6.31. The van der Waals surface area contributed by atoms with E-state index < -0.39 is 6.04 Å². The Kier molecular flexibility index (Phi) is 3.47. The number of rotatable bonds is 1. The quantitative estimate of drug-likeness (QED) is 0.800. The van der Waals surface area contributed by atoms with Crippen LogP contribution in [0.5, 0.6) is 0 Å². The summed E-state index contributed by atoms with van der Waals surface area (Å²) < 4.78 is 0. The molecule has 0 aromatic heterocycles. The van der Waals surface area contributed by atoms with Crippen molar-refractivity contribution in [2.75, 3.05) is 4.90 Å². The van der Waals surface area contributed by atoms with Crippen LogP contribution in [-0.4, -0.2) is 11.9 Å². The van der Waals surface area contributed by atoms with Gasteiger partial charge in [-0.3, -0.25) is 9.69 Å². The van der Waals surface area contributed by atoms with Gasteiger partial charge >= 0.3 is 0 Å². The van der Waals surface area contributed by atoms with Crippen LogP contribution in [0.15, 0.2) is 54.6 Å². The first-order chi connectivity index (χ1) is 10.2. The van der Waals surface area contributed by atoms with Gasteiger partial charge in [0, 0.05) is 10.6 Å². The summed E-state index contributed by atoms with van der Waals surface area (Å²) in [6.45, 7) is 0. The van der Waals surface area contributed by atoms with E-state index in [1.165, 1.54) is 4.90 Å². The Morgan fingerprint density at radius 2 is 1.95 bits per heavy atom. The topological polar surface area (TPSA) is 44.1 Å². The molecular formula is C17H11ClN2O. The van der Waals surface area contributed by atoms with Crippen molar-refractivity contribution < 1.29 is 4.79 Å². The highest BCUT2D eigenvalue weighted by Gasteiger charge is 2.28. The first-order valence-corrected chi connectivity index (χ1v) is 6.84. The van der Waals surface area contributed by atoms with E-state index in [-0.39, 0.29) is 5.91 Å². The van der Waals surface area contributed by atoms with Crippen LogP contribution in [0.2, 0.25) is 5.02 Å². The Balaban J connectivity index is 2.10. The molecule has 0 unspecified atom stereocenters. The second kappa shape index (κ2) is 5.43. The minimum Gasteiger partial charge on any atom is -0.288 e. The molecular weight excluding hydrogens is 284 g/mol. The van der Waals surface area contributed by atoms with E-state index in [9.17, 15) is 10.1 Å². The fourth-order valence-electron chi connectivity index (χ4n) is 2.37. The number of nitriles is 1. The largest absolute Gasteiger partial charge is 0.288 e. The summed E-state index contributed by atoms with van der Waals surface area (Å²) in [7, 11) is 0. The third kappa shape index (κ3) is 2.42. The fraction of sp³-hybridized carbons (Fsp3) is 0.0588. The lowest BCUT2D eigenvalue weighted by Gasteiger charge is -2.30. The van der Waals surface area contributed by atoms with Gasteiger partial charge in [0.05, 0.1) is 11.8 Å². The lowest BCUT2D eigenvalue weighted by Crippen LogP contribution is -2.40. The average molecular weight is 295 g/mol. The summed E-state index contributed by atoms with van der Waals surface area (Å²) in [5, 5.41) is 9.91. The van der Waals surface area contributed by atoms with Crippen LogP contribution in [0.4, 0.5) is 5.69 Å². The number of benzene rings is 2. The van der Waals surface area contributed by atoms with Gasteiger partial charge in [-0.15, -0.1) is 0 Å². The molecule has 21 heavy (non-hydrogen) atoms. The maximum Gasteiger partial charge on any atom is 0.259 e. The normalized spacial score (nSPS) is 16.2. The fourth-order valence-corrected chi connectivity index (χ4v) is 2.55. The van der Waals surface area contributed by atoms with E-state index in [1.807, 2.05) is 12.1 Å². The number of hydrogen-bond acceptors (Lipinski definition) is 2. The molecule has 0 fully saturated rings. The van der Waals surface area contributed by atoms with Crippen molar-refractivity contribution >= 4 is 29.3 Å². The molecule has 1 aliphatic rings. The standard InChI is InChI=1S/C17H11ClN2O/c18-14-7-9-16-13(10-14)6-8-15(11-19)20(16)17(21)12-4-2-1-3-5-12/h1-10,15H/t15-/m0/s1. The molecule has 3 nitrogen and oxygen atoms in total. The molecule has 1 amide bonds. The first kappa shape index (κ1) is 13.4. The van der Waals surface area contributed by atoms with Gasteiger partial charge in [-0.2, -0.15) is 5.26 Å². The molecule has 2 aromatic rings. The van der Waals surface area contributed by atoms with Crippen LogP contribution < -0.4 is 4.90 Å². The zero-order valence-electron chi connectivity index (χ0n) is 11.0. The molecule has 102 valence electrons. The van der Waals surface area contributed by atoms with Gasteiger partial charge in [-0.1, -0.05) is 35.9 Å². The van der Waals surface area contributed by atoms with Gasteiger partial charge in [0.2, 0.25) is 0 Å². The van der Waals surface area contributed by atoms with Gasteiger partial charge in [-0.05, 0) is 42.0 Å². The molecule has 0 saturated heterocycles. The summed E-state index contributed by atoms with van der Waals surface area (Å²) in [4.78, 5) is 14.2. The van der Waals surface area contributed by atoms with Crippen molar-refractivity contribution in [1.82, 2.24) is 0 Å². The van der Waals surface area contributed by atoms with E-state index in [1.54, 1.807) is 48.5 Å². The summed E-state index contributed by atoms with van der Waals surface area (Å²) >= 11 is 5.99. The van der Waals surface area contributed by atoms with E-state index in [0.717, 1.165) is 5.56 Å². The van der Waals surface area contributed by atoms with Crippen LogP contribution in [0.3, 0.4) is 0 Å². The zero-order valence-corrected chi connectivity index (χ0v) is 11.8. The highest BCUT2D eigenvalue weighted by Crippen LogP contribution is 2.32. The van der Waals surface area contributed by atoms with E-state index >= 15 is 0 Å². The van der Waals surface area contributed by atoms with Gasteiger partial charge in [0.15, 0.2) is 0 Å². The molecule has 0 saturated carbocycles. The Morgan fingerprint density at radius 3 is 2.67 bits per heavy atom. The highest BCUT2D eigenvalue weighted by atomic mass is 35.5. The molecule has 1 heterocycles. The number of hydrogen-bond donors (Lipinski definition) is 0. The monoisotopic (exact) mass is 294 g/mol. The number of fused-ring (bicyclic) bond motifs is 1.